The molecule has 0 bridgehead atoms. The normalized spacial score (nSPS) is 10.5. The van der Waals surface area contributed by atoms with E-state index >= 15 is 0 Å². The average molecular weight is 254 g/mol. The number of aryl methyl sites for hydroxylation is 2. The summed E-state index contributed by atoms with van der Waals surface area (Å²) < 4.78 is 5.69. The first-order valence-electron chi connectivity index (χ1n) is 6.12. The molecule has 17 heavy (non-hydrogen) atoms. The molecular weight excluding hydrogens is 232 g/mol. The van der Waals surface area contributed by atoms with Gasteiger partial charge in [0.25, 0.3) is 0 Å². The van der Waals surface area contributed by atoms with Gasteiger partial charge in [0.05, 0.1) is 6.61 Å². The van der Waals surface area contributed by atoms with E-state index in [-0.39, 0.29) is 0 Å². The van der Waals surface area contributed by atoms with E-state index in [4.69, 9.17) is 9.84 Å². The number of hydrogen-bond acceptors (Lipinski definition) is 3. The molecule has 0 saturated carbocycles. The van der Waals surface area contributed by atoms with E-state index in [1.54, 1.807) is 0 Å². The molecular formula is C14H22O2S. The van der Waals surface area contributed by atoms with Crippen molar-refractivity contribution < 1.29 is 9.84 Å². The van der Waals surface area contributed by atoms with Crippen LogP contribution in [0.15, 0.2) is 18.2 Å². The molecule has 0 amide bonds. The largest absolute Gasteiger partial charge is 0.494 e. The highest BCUT2D eigenvalue weighted by Crippen LogP contribution is 2.16. The summed E-state index contributed by atoms with van der Waals surface area (Å²) >= 11 is 1.88. The van der Waals surface area contributed by atoms with Crippen LogP contribution in [-0.2, 0) is 0 Å². The Morgan fingerprint density at radius 3 is 2.59 bits per heavy atom. The van der Waals surface area contributed by atoms with Crippen LogP contribution in [0.1, 0.15) is 24.0 Å². The highest BCUT2D eigenvalue weighted by Gasteiger charge is 1.97. The van der Waals surface area contributed by atoms with Crippen molar-refractivity contribution in [3.05, 3.63) is 29.3 Å². The van der Waals surface area contributed by atoms with E-state index in [1.807, 2.05) is 17.8 Å². The van der Waals surface area contributed by atoms with Gasteiger partial charge in [0, 0.05) is 6.61 Å². The van der Waals surface area contributed by atoms with Gasteiger partial charge >= 0.3 is 0 Å². The smallest absolute Gasteiger partial charge is 0.119 e. The Morgan fingerprint density at radius 1 is 1.12 bits per heavy atom. The van der Waals surface area contributed by atoms with Crippen molar-refractivity contribution in [2.45, 2.75) is 26.7 Å². The monoisotopic (exact) mass is 254 g/mol. The highest BCUT2D eigenvalue weighted by atomic mass is 32.2. The Kier molecular flexibility index (Phi) is 7.13. The number of rotatable bonds is 8. The van der Waals surface area contributed by atoms with Crippen LogP contribution >= 0.6 is 11.8 Å². The standard InChI is InChI=1S/C14H22O2S/c1-12-5-6-14(11-13(12)2)16-8-4-10-17-9-3-7-15/h5-6,11,15H,3-4,7-10H2,1-2H3. The molecule has 0 heterocycles. The summed E-state index contributed by atoms with van der Waals surface area (Å²) in [5.41, 5.74) is 2.58. The molecule has 0 aliphatic heterocycles. The molecule has 0 radical (unpaired) electrons. The van der Waals surface area contributed by atoms with Crippen molar-refractivity contribution in [2.75, 3.05) is 24.7 Å². The lowest BCUT2D eigenvalue weighted by atomic mass is 10.1. The fraction of sp³-hybridized carbons (Fsp3) is 0.571. The summed E-state index contributed by atoms with van der Waals surface area (Å²) in [6.07, 6.45) is 1.95. The van der Waals surface area contributed by atoms with Crippen molar-refractivity contribution in [3.8, 4) is 5.75 Å². The molecule has 0 unspecified atom stereocenters. The van der Waals surface area contributed by atoms with E-state index in [1.165, 1.54) is 11.1 Å². The second kappa shape index (κ2) is 8.43. The minimum atomic E-state index is 0.298. The maximum absolute atomic E-state index is 8.63. The van der Waals surface area contributed by atoms with Crippen LogP contribution in [0, 0.1) is 13.8 Å². The van der Waals surface area contributed by atoms with Gasteiger partial charge in [0.1, 0.15) is 5.75 Å². The van der Waals surface area contributed by atoms with Gasteiger partial charge in [-0.1, -0.05) is 6.07 Å². The minimum Gasteiger partial charge on any atom is -0.494 e. The van der Waals surface area contributed by atoms with Gasteiger partial charge in [-0.2, -0.15) is 11.8 Å². The van der Waals surface area contributed by atoms with Crippen LogP contribution in [0.4, 0.5) is 0 Å². The third-order valence-electron chi connectivity index (χ3n) is 2.63. The highest BCUT2D eigenvalue weighted by molar-refractivity contribution is 7.99. The molecule has 1 N–H and O–H groups in total. The molecule has 0 fully saturated rings. The zero-order chi connectivity index (χ0) is 12.5. The maximum Gasteiger partial charge on any atom is 0.119 e. The average Bonchev–Trinajstić information content (AvgIpc) is 2.32. The third-order valence-corrected chi connectivity index (χ3v) is 3.78. The lowest BCUT2D eigenvalue weighted by molar-refractivity contribution is 0.296. The van der Waals surface area contributed by atoms with Crippen LogP contribution in [0.3, 0.4) is 0 Å². The number of ether oxygens (including phenoxy) is 1. The zero-order valence-electron chi connectivity index (χ0n) is 10.7. The van der Waals surface area contributed by atoms with Gasteiger partial charge < -0.3 is 9.84 Å². The van der Waals surface area contributed by atoms with Crippen LogP contribution in [0.25, 0.3) is 0 Å². The van der Waals surface area contributed by atoms with E-state index in [0.717, 1.165) is 36.7 Å². The minimum absolute atomic E-state index is 0.298. The van der Waals surface area contributed by atoms with Gasteiger partial charge in [-0.3, -0.25) is 0 Å². The molecule has 0 spiro atoms. The molecule has 3 heteroatoms. The van der Waals surface area contributed by atoms with E-state index < -0.39 is 0 Å². The molecule has 2 nitrogen and oxygen atoms in total. The number of hydrogen-bond donors (Lipinski definition) is 1. The first-order valence-corrected chi connectivity index (χ1v) is 7.28. The summed E-state index contributed by atoms with van der Waals surface area (Å²) in [7, 11) is 0. The molecule has 1 aromatic carbocycles. The van der Waals surface area contributed by atoms with Gasteiger partial charge in [0.2, 0.25) is 0 Å². The Hall–Kier alpha value is -0.670. The first-order chi connectivity index (χ1) is 8.24. The summed E-state index contributed by atoms with van der Waals surface area (Å²) in [5, 5.41) is 8.63. The molecule has 96 valence electrons. The first kappa shape index (κ1) is 14.4. The summed E-state index contributed by atoms with van der Waals surface area (Å²) in [5.74, 6) is 3.11. The SMILES string of the molecule is Cc1ccc(OCCCSCCCO)cc1C. The molecule has 0 aromatic heterocycles. The predicted octanol–water partition coefficient (Wildman–Crippen LogP) is 3.19. The van der Waals surface area contributed by atoms with Gasteiger partial charge in [-0.05, 0) is 61.5 Å². The van der Waals surface area contributed by atoms with E-state index in [2.05, 4.69) is 26.0 Å². The fourth-order valence-corrected chi connectivity index (χ4v) is 2.28. The zero-order valence-corrected chi connectivity index (χ0v) is 11.6. The quantitative estimate of drug-likeness (QED) is 0.722. The Morgan fingerprint density at radius 2 is 1.88 bits per heavy atom. The second-order valence-corrected chi connectivity index (χ2v) is 5.36. The van der Waals surface area contributed by atoms with Gasteiger partial charge in [-0.15, -0.1) is 0 Å². The van der Waals surface area contributed by atoms with Crippen LogP contribution in [-0.4, -0.2) is 29.8 Å². The van der Waals surface area contributed by atoms with Crippen molar-refractivity contribution >= 4 is 11.8 Å². The maximum atomic E-state index is 8.63. The molecule has 1 rings (SSSR count). The molecule has 0 atom stereocenters. The summed E-state index contributed by atoms with van der Waals surface area (Å²) in [6.45, 7) is 5.28. The third kappa shape index (κ3) is 5.99. The van der Waals surface area contributed by atoms with Gasteiger partial charge in [0.15, 0.2) is 0 Å². The summed E-state index contributed by atoms with van der Waals surface area (Å²) in [4.78, 5) is 0. The van der Waals surface area contributed by atoms with Crippen molar-refractivity contribution in [3.63, 3.8) is 0 Å². The Bertz CT molecular complexity index is 326. The molecule has 0 aliphatic rings. The second-order valence-electron chi connectivity index (χ2n) is 4.14. The number of aliphatic hydroxyl groups is 1. The number of aliphatic hydroxyl groups excluding tert-OH is 1. The lowest BCUT2D eigenvalue weighted by Gasteiger charge is -2.08. The van der Waals surface area contributed by atoms with Gasteiger partial charge in [-0.25, -0.2) is 0 Å². The van der Waals surface area contributed by atoms with E-state index in [0.29, 0.717) is 6.61 Å². The van der Waals surface area contributed by atoms with Crippen LogP contribution < -0.4 is 4.74 Å². The Balaban J connectivity index is 2.11. The molecule has 0 aliphatic carbocycles. The molecule has 0 saturated heterocycles. The van der Waals surface area contributed by atoms with E-state index in [9.17, 15) is 0 Å². The number of thioether (sulfide) groups is 1. The van der Waals surface area contributed by atoms with Crippen molar-refractivity contribution in [1.82, 2.24) is 0 Å². The Labute approximate surface area is 108 Å². The van der Waals surface area contributed by atoms with Crippen LogP contribution in [0.2, 0.25) is 0 Å². The van der Waals surface area contributed by atoms with Crippen molar-refractivity contribution in [1.29, 1.82) is 0 Å². The van der Waals surface area contributed by atoms with Crippen molar-refractivity contribution in [2.24, 2.45) is 0 Å². The van der Waals surface area contributed by atoms with Crippen LogP contribution in [0.5, 0.6) is 5.75 Å². The summed E-state index contributed by atoms with van der Waals surface area (Å²) in [6, 6.07) is 6.22. The molecule has 1 aromatic rings. The number of benzene rings is 1. The predicted molar refractivity (Wildman–Crippen MR) is 75.1 cm³/mol. The lowest BCUT2D eigenvalue weighted by Crippen LogP contribution is -1.99. The topological polar surface area (TPSA) is 29.5 Å². The fourth-order valence-electron chi connectivity index (χ4n) is 1.42.